The van der Waals surface area contributed by atoms with Gasteiger partial charge in [-0.2, -0.15) is 0 Å². The Morgan fingerprint density at radius 3 is 2.00 bits per heavy atom. The lowest BCUT2D eigenvalue weighted by molar-refractivity contribution is 0.106. The third kappa shape index (κ3) is 3.56. The normalized spacial score (nSPS) is 13.7. The van der Waals surface area contributed by atoms with Gasteiger partial charge in [-0.05, 0) is 44.0 Å². The molecule has 0 aliphatic heterocycles. The fourth-order valence-corrected chi connectivity index (χ4v) is 4.55. The van der Waals surface area contributed by atoms with E-state index in [1.807, 2.05) is 39.0 Å². The van der Waals surface area contributed by atoms with Crippen LogP contribution in [0.2, 0.25) is 0 Å². The number of para-hydroxylation sites is 1. The second kappa shape index (κ2) is 6.72. The molecule has 0 spiro atoms. The van der Waals surface area contributed by atoms with Gasteiger partial charge in [0.1, 0.15) is 5.75 Å². The molecule has 4 heteroatoms. The Balaban J connectivity index is 2.50. The van der Waals surface area contributed by atoms with Gasteiger partial charge < -0.3 is 4.52 Å². The van der Waals surface area contributed by atoms with Gasteiger partial charge in [0.2, 0.25) is 0 Å². The SMILES string of the molecule is Cc1cc(C)c(C(=O)P(=O)(Oc2ccccc2)C(C)C)c(C)c1. The summed E-state index contributed by atoms with van der Waals surface area (Å²) in [5, 5.41) is 0. The van der Waals surface area contributed by atoms with Crippen molar-refractivity contribution in [2.45, 2.75) is 40.3 Å². The first kappa shape index (κ1) is 17.5. The van der Waals surface area contributed by atoms with Crippen LogP contribution in [-0.4, -0.2) is 11.2 Å². The highest BCUT2D eigenvalue weighted by molar-refractivity contribution is 7.77. The number of benzene rings is 2. The Hall–Kier alpha value is -1.86. The van der Waals surface area contributed by atoms with E-state index in [1.54, 1.807) is 38.1 Å². The molecular formula is C19H23O3P. The van der Waals surface area contributed by atoms with Gasteiger partial charge in [-0.25, -0.2) is 0 Å². The molecule has 0 aliphatic rings. The third-order valence-corrected chi connectivity index (χ3v) is 6.47. The first-order valence-corrected chi connectivity index (χ1v) is 9.42. The van der Waals surface area contributed by atoms with Gasteiger partial charge in [0.15, 0.2) is 0 Å². The van der Waals surface area contributed by atoms with E-state index in [9.17, 15) is 9.36 Å². The molecule has 1 atom stereocenters. The number of hydrogen-bond acceptors (Lipinski definition) is 3. The van der Waals surface area contributed by atoms with Crippen molar-refractivity contribution in [2.75, 3.05) is 0 Å². The summed E-state index contributed by atoms with van der Waals surface area (Å²) in [6, 6.07) is 12.8. The summed E-state index contributed by atoms with van der Waals surface area (Å²) in [6.07, 6.45) is 0. The molecule has 122 valence electrons. The van der Waals surface area contributed by atoms with E-state index in [4.69, 9.17) is 4.52 Å². The van der Waals surface area contributed by atoms with Crippen LogP contribution in [0.15, 0.2) is 42.5 Å². The Morgan fingerprint density at radius 1 is 1.00 bits per heavy atom. The monoisotopic (exact) mass is 330 g/mol. The molecule has 2 rings (SSSR count). The molecule has 0 aromatic heterocycles. The van der Waals surface area contributed by atoms with Gasteiger partial charge in [0, 0.05) is 11.2 Å². The van der Waals surface area contributed by atoms with Crippen LogP contribution in [0.25, 0.3) is 0 Å². The van der Waals surface area contributed by atoms with Crippen LogP contribution >= 0.6 is 7.37 Å². The molecule has 2 aromatic carbocycles. The minimum absolute atomic E-state index is 0.393. The zero-order valence-corrected chi connectivity index (χ0v) is 15.2. The third-order valence-electron chi connectivity index (χ3n) is 3.84. The lowest BCUT2D eigenvalue weighted by Gasteiger charge is -2.23. The van der Waals surface area contributed by atoms with Crippen molar-refractivity contribution in [1.82, 2.24) is 0 Å². The molecule has 0 saturated carbocycles. The van der Waals surface area contributed by atoms with Crippen molar-refractivity contribution in [3.8, 4) is 5.75 Å². The molecule has 0 N–H and O–H groups in total. The van der Waals surface area contributed by atoms with Crippen molar-refractivity contribution in [3.63, 3.8) is 0 Å². The van der Waals surface area contributed by atoms with Crippen LogP contribution in [-0.2, 0) is 4.57 Å². The maximum absolute atomic E-state index is 13.4. The van der Waals surface area contributed by atoms with E-state index in [1.165, 1.54) is 0 Å². The van der Waals surface area contributed by atoms with Crippen molar-refractivity contribution in [2.24, 2.45) is 0 Å². The second-order valence-electron chi connectivity index (χ2n) is 6.17. The topological polar surface area (TPSA) is 43.4 Å². The summed E-state index contributed by atoms with van der Waals surface area (Å²) in [6.45, 7) is 9.26. The second-order valence-corrected chi connectivity index (χ2v) is 8.99. The minimum atomic E-state index is -3.53. The maximum Gasteiger partial charge on any atom is 0.319 e. The van der Waals surface area contributed by atoms with Gasteiger partial charge in [-0.1, -0.05) is 49.7 Å². The predicted molar refractivity (Wildman–Crippen MR) is 94.8 cm³/mol. The van der Waals surface area contributed by atoms with Crippen LogP contribution in [0, 0.1) is 20.8 Å². The van der Waals surface area contributed by atoms with Gasteiger partial charge in [-0.15, -0.1) is 0 Å². The van der Waals surface area contributed by atoms with Crippen molar-refractivity contribution < 1.29 is 13.9 Å². The molecule has 0 amide bonds. The number of hydrogen-bond donors (Lipinski definition) is 0. The number of carbonyl (C=O) groups excluding carboxylic acids is 1. The van der Waals surface area contributed by atoms with Crippen molar-refractivity contribution in [3.05, 3.63) is 64.7 Å². The summed E-state index contributed by atoms with van der Waals surface area (Å²) < 4.78 is 19.1. The molecule has 0 radical (unpaired) electrons. The van der Waals surface area contributed by atoms with Crippen LogP contribution in [0.5, 0.6) is 5.75 Å². The standard InChI is InChI=1S/C19H23O3P/c1-13(2)23(21,22-17-9-7-6-8-10-17)19(20)18-15(4)11-14(3)12-16(18)5/h6-13H,1-5H3. The quantitative estimate of drug-likeness (QED) is 0.678. The van der Waals surface area contributed by atoms with Crippen LogP contribution in [0.1, 0.15) is 40.9 Å². The van der Waals surface area contributed by atoms with Gasteiger partial charge in [0.05, 0.1) is 0 Å². The maximum atomic E-state index is 13.4. The zero-order valence-electron chi connectivity index (χ0n) is 14.3. The average Bonchev–Trinajstić information content (AvgIpc) is 2.46. The average molecular weight is 330 g/mol. The van der Waals surface area contributed by atoms with E-state index in [0.29, 0.717) is 11.3 Å². The van der Waals surface area contributed by atoms with Gasteiger partial charge in [0.25, 0.3) is 5.52 Å². The number of aryl methyl sites for hydroxylation is 3. The van der Waals surface area contributed by atoms with E-state index in [0.717, 1.165) is 16.7 Å². The molecule has 0 bridgehead atoms. The fraction of sp³-hybridized carbons (Fsp3) is 0.316. The van der Waals surface area contributed by atoms with Crippen LogP contribution < -0.4 is 4.52 Å². The highest BCUT2D eigenvalue weighted by Crippen LogP contribution is 2.54. The predicted octanol–water partition coefficient (Wildman–Crippen LogP) is 5.52. The van der Waals surface area contributed by atoms with Crippen molar-refractivity contribution >= 4 is 12.9 Å². The highest BCUT2D eigenvalue weighted by Gasteiger charge is 2.40. The van der Waals surface area contributed by atoms with Crippen LogP contribution in [0.3, 0.4) is 0 Å². The summed E-state index contributed by atoms with van der Waals surface area (Å²) in [5.41, 5.74) is 2.49. The first-order valence-electron chi connectivity index (χ1n) is 7.73. The molecule has 2 aromatic rings. The largest absolute Gasteiger partial charge is 0.438 e. The molecule has 3 nitrogen and oxygen atoms in total. The lowest BCUT2D eigenvalue weighted by Crippen LogP contribution is -2.16. The molecule has 0 fully saturated rings. The lowest BCUT2D eigenvalue weighted by atomic mass is 10.0. The molecule has 0 saturated heterocycles. The molecule has 23 heavy (non-hydrogen) atoms. The Kier molecular flexibility index (Phi) is 5.11. The van der Waals surface area contributed by atoms with E-state index < -0.39 is 18.6 Å². The zero-order chi connectivity index (χ0) is 17.2. The summed E-state index contributed by atoms with van der Waals surface area (Å²) >= 11 is 0. The molecule has 0 aliphatic carbocycles. The molecule has 0 heterocycles. The van der Waals surface area contributed by atoms with Gasteiger partial charge in [-0.3, -0.25) is 9.36 Å². The van der Waals surface area contributed by atoms with E-state index in [-0.39, 0.29) is 0 Å². The van der Waals surface area contributed by atoms with Crippen LogP contribution in [0.4, 0.5) is 0 Å². The highest BCUT2D eigenvalue weighted by atomic mass is 31.2. The summed E-state index contributed by atoms with van der Waals surface area (Å²) in [4.78, 5) is 13.1. The first-order chi connectivity index (χ1) is 10.8. The van der Waals surface area contributed by atoms with Crippen molar-refractivity contribution in [1.29, 1.82) is 0 Å². The Bertz CT molecular complexity index is 740. The Morgan fingerprint density at radius 2 is 1.52 bits per heavy atom. The number of rotatable bonds is 5. The number of carbonyl (C=O) groups is 1. The van der Waals surface area contributed by atoms with E-state index in [2.05, 4.69) is 0 Å². The smallest absolute Gasteiger partial charge is 0.319 e. The van der Waals surface area contributed by atoms with E-state index >= 15 is 0 Å². The summed E-state index contributed by atoms with van der Waals surface area (Å²) in [7, 11) is -3.53. The summed E-state index contributed by atoms with van der Waals surface area (Å²) in [5.74, 6) is 0.459. The fourth-order valence-electron chi connectivity index (χ4n) is 2.69. The Labute approximate surface area is 138 Å². The molecular weight excluding hydrogens is 307 g/mol. The molecule has 1 unspecified atom stereocenters. The van der Waals surface area contributed by atoms with Gasteiger partial charge >= 0.3 is 7.37 Å². The minimum Gasteiger partial charge on any atom is -0.438 e.